The molecule has 110 valence electrons. The minimum atomic E-state index is -0.397. The van der Waals surface area contributed by atoms with E-state index in [0.717, 1.165) is 31.6 Å². The third-order valence-electron chi connectivity index (χ3n) is 3.82. The molecule has 1 N–H and O–H groups in total. The number of benzene rings is 1. The van der Waals surface area contributed by atoms with Crippen LogP contribution in [0.3, 0.4) is 0 Å². The number of piperidine rings is 1. The van der Waals surface area contributed by atoms with E-state index in [4.69, 9.17) is 0 Å². The number of carbonyl (C=O) groups excluding carboxylic acids is 1. The number of alkyl carbamates (subject to hydrolysis) is 1. The molecule has 0 bridgehead atoms. The van der Waals surface area contributed by atoms with Gasteiger partial charge in [-0.15, -0.1) is 0 Å². The van der Waals surface area contributed by atoms with E-state index in [1.54, 1.807) is 0 Å². The van der Waals surface area contributed by atoms with Crippen molar-refractivity contribution in [1.29, 1.82) is 0 Å². The van der Waals surface area contributed by atoms with E-state index in [-0.39, 0.29) is 11.9 Å². The molecule has 1 aliphatic rings. The number of carbonyl (C=O) groups is 1. The summed E-state index contributed by atoms with van der Waals surface area (Å²) in [5.74, 6) is 0.0765. The molecule has 0 saturated carbocycles. The second-order valence-electron chi connectivity index (χ2n) is 5.17. The van der Waals surface area contributed by atoms with Crippen molar-refractivity contribution in [2.45, 2.75) is 25.3 Å². The van der Waals surface area contributed by atoms with Crippen LogP contribution in [0.15, 0.2) is 24.3 Å². The number of hydrogen-bond donors (Lipinski definition) is 1. The van der Waals surface area contributed by atoms with Crippen molar-refractivity contribution in [3.8, 4) is 0 Å². The van der Waals surface area contributed by atoms with Crippen LogP contribution in [-0.4, -0.2) is 43.8 Å². The number of ether oxygens (including phenoxy) is 1. The highest BCUT2D eigenvalue weighted by Gasteiger charge is 2.28. The monoisotopic (exact) mass is 280 g/mol. The second-order valence-corrected chi connectivity index (χ2v) is 5.17. The van der Waals surface area contributed by atoms with Crippen LogP contribution >= 0.6 is 0 Å². The van der Waals surface area contributed by atoms with Gasteiger partial charge in [-0.05, 0) is 36.6 Å². The highest BCUT2D eigenvalue weighted by atomic mass is 19.1. The lowest BCUT2D eigenvalue weighted by atomic mass is 9.88. The van der Waals surface area contributed by atoms with E-state index in [9.17, 15) is 9.18 Å². The van der Waals surface area contributed by atoms with Gasteiger partial charge in [0.25, 0.3) is 0 Å². The van der Waals surface area contributed by atoms with Crippen molar-refractivity contribution >= 4 is 6.09 Å². The average Bonchev–Trinajstić information content (AvgIpc) is 2.47. The molecule has 1 fully saturated rings. The molecule has 2 unspecified atom stereocenters. The van der Waals surface area contributed by atoms with Gasteiger partial charge in [0, 0.05) is 19.1 Å². The molecule has 0 aromatic heterocycles. The Balaban J connectivity index is 2.08. The molecule has 0 radical (unpaired) electrons. The third-order valence-corrected chi connectivity index (χ3v) is 3.82. The molecule has 20 heavy (non-hydrogen) atoms. The zero-order valence-electron chi connectivity index (χ0n) is 11.9. The highest BCUT2D eigenvalue weighted by Crippen LogP contribution is 2.27. The predicted octanol–water partition coefficient (Wildman–Crippen LogP) is 2.36. The van der Waals surface area contributed by atoms with Crippen LogP contribution in [0, 0.1) is 5.82 Å². The van der Waals surface area contributed by atoms with Crippen LogP contribution in [-0.2, 0) is 4.74 Å². The molecule has 1 amide bonds. The predicted molar refractivity (Wildman–Crippen MR) is 75.2 cm³/mol. The van der Waals surface area contributed by atoms with Crippen LogP contribution in [0.1, 0.15) is 24.8 Å². The Morgan fingerprint density at radius 3 is 2.70 bits per heavy atom. The van der Waals surface area contributed by atoms with Crippen LogP contribution < -0.4 is 5.32 Å². The molecule has 1 aromatic rings. The van der Waals surface area contributed by atoms with Gasteiger partial charge >= 0.3 is 6.09 Å². The summed E-state index contributed by atoms with van der Waals surface area (Å²) in [5, 5.41) is 2.87. The number of halogens is 1. The van der Waals surface area contributed by atoms with E-state index in [2.05, 4.69) is 21.9 Å². The average molecular weight is 280 g/mol. The van der Waals surface area contributed by atoms with Gasteiger partial charge in [0.1, 0.15) is 5.82 Å². The Bertz CT molecular complexity index is 450. The summed E-state index contributed by atoms with van der Waals surface area (Å²) in [6.07, 6.45) is 0.447. The van der Waals surface area contributed by atoms with Crippen molar-refractivity contribution in [3.63, 3.8) is 0 Å². The van der Waals surface area contributed by atoms with Gasteiger partial charge < -0.3 is 15.0 Å². The van der Waals surface area contributed by atoms with Crippen molar-refractivity contribution in [2.24, 2.45) is 0 Å². The van der Waals surface area contributed by atoms with E-state index in [0.29, 0.717) is 5.92 Å². The first kappa shape index (κ1) is 14.8. The quantitative estimate of drug-likeness (QED) is 0.924. The maximum Gasteiger partial charge on any atom is 0.407 e. The molecule has 0 spiro atoms. The largest absolute Gasteiger partial charge is 0.453 e. The van der Waals surface area contributed by atoms with Gasteiger partial charge in [0.15, 0.2) is 0 Å². The van der Waals surface area contributed by atoms with Gasteiger partial charge in [0.2, 0.25) is 0 Å². The van der Waals surface area contributed by atoms with Gasteiger partial charge in [-0.3, -0.25) is 0 Å². The highest BCUT2D eigenvalue weighted by molar-refractivity contribution is 5.67. The topological polar surface area (TPSA) is 41.6 Å². The van der Waals surface area contributed by atoms with Gasteiger partial charge in [-0.2, -0.15) is 0 Å². The first-order valence-corrected chi connectivity index (χ1v) is 6.94. The molecule has 1 heterocycles. The first-order valence-electron chi connectivity index (χ1n) is 6.94. The van der Waals surface area contributed by atoms with Gasteiger partial charge in [-0.25, -0.2) is 9.18 Å². The molecule has 1 aliphatic heterocycles. The summed E-state index contributed by atoms with van der Waals surface area (Å²) in [5.41, 5.74) is 1.11. The van der Waals surface area contributed by atoms with Crippen LogP contribution in [0.25, 0.3) is 0 Å². The number of amides is 1. The fraction of sp³-hybridized carbons (Fsp3) is 0.533. The molecule has 0 aliphatic carbocycles. The Labute approximate surface area is 118 Å². The summed E-state index contributed by atoms with van der Waals surface area (Å²) >= 11 is 0. The van der Waals surface area contributed by atoms with E-state index < -0.39 is 6.09 Å². The molecule has 4 nitrogen and oxygen atoms in total. The van der Waals surface area contributed by atoms with Crippen molar-refractivity contribution in [1.82, 2.24) is 10.2 Å². The maximum atomic E-state index is 13.0. The van der Waals surface area contributed by atoms with E-state index in [1.165, 1.54) is 19.2 Å². The number of nitrogens with one attached hydrogen (secondary N) is 1. The number of methoxy groups -OCH3 is 1. The minimum Gasteiger partial charge on any atom is -0.453 e. The van der Waals surface area contributed by atoms with E-state index in [1.807, 2.05) is 12.1 Å². The fourth-order valence-corrected chi connectivity index (χ4v) is 2.76. The lowest BCUT2D eigenvalue weighted by Gasteiger charge is -2.37. The number of hydrogen-bond acceptors (Lipinski definition) is 3. The normalized spacial score (nSPS) is 23.4. The Kier molecular flexibility index (Phi) is 4.95. The molecular weight excluding hydrogens is 259 g/mol. The molecule has 2 rings (SSSR count). The SMILES string of the molecule is CCN1CC(NC(=O)OC)CC(c2ccc(F)cc2)C1. The number of likely N-dealkylation sites (tertiary alicyclic amines) is 1. The Morgan fingerprint density at radius 1 is 1.40 bits per heavy atom. The third kappa shape index (κ3) is 3.70. The minimum absolute atomic E-state index is 0.0613. The zero-order valence-corrected chi connectivity index (χ0v) is 11.9. The van der Waals surface area contributed by atoms with Crippen LogP contribution in [0.5, 0.6) is 0 Å². The van der Waals surface area contributed by atoms with Crippen LogP contribution in [0.4, 0.5) is 9.18 Å². The summed E-state index contributed by atoms with van der Waals surface area (Å²) in [4.78, 5) is 13.7. The fourth-order valence-electron chi connectivity index (χ4n) is 2.76. The van der Waals surface area contributed by atoms with Crippen molar-refractivity contribution < 1.29 is 13.9 Å². The standard InChI is InChI=1S/C15H21FN2O2/c1-3-18-9-12(11-4-6-13(16)7-5-11)8-14(10-18)17-15(19)20-2/h4-7,12,14H,3,8-10H2,1-2H3,(H,17,19). The van der Waals surface area contributed by atoms with Crippen molar-refractivity contribution in [2.75, 3.05) is 26.7 Å². The summed E-state index contributed by atoms with van der Waals surface area (Å²) in [6, 6.07) is 6.69. The van der Waals surface area contributed by atoms with Gasteiger partial charge in [-0.1, -0.05) is 19.1 Å². The lowest BCUT2D eigenvalue weighted by molar-refractivity contribution is 0.143. The molecular formula is C15H21FN2O2. The number of likely N-dealkylation sites (N-methyl/N-ethyl adjacent to an activating group) is 1. The summed E-state index contributed by atoms with van der Waals surface area (Å²) in [6.45, 7) is 4.78. The molecule has 2 atom stereocenters. The van der Waals surface area contributed by atoms with Gasteiger partial charge in [0.05, 0.1) is 7.11 Å². The molecule has 1 aromatic carbocycles. The maximum absolute atomic E-state index is 13.0. The Hall–Kier alpha value is -1.62. The van der Waals surface area contributed by atoms with Crippen molar-refractivity contribution in [3.05, 3.63) is 35.6 Å². The van der Waals surface area contributed by atoms with E-state index >= 15 is 0 Å². The first-order chi connectivity index (χ1) is 9.62. The number of rotatable bonds is 3. The number of nitrogens with zero attached hydrogens (tertiary/aromatic N) is 1. The zero-order chi connectivity index (χ0) is 14.5. The summed E-state index contributed by atoms with van der Waals surface area (Å²) in [7, 11) is 1.37. The molecule has 5 heteroatoms. The molecule has 1 saturated heterocycles. The Morgan fingerprint density at radius 2 is 2.10 bits per heavy atom. The smallest absolute Gasteiger partial charge is 0.407 e. The van der Waals surface area contributed by atoms with Crippen LogP contribution in [0.2, 0.25) is 0 Å². The lowest BCUT2D eigenvalue weighted by Crippen LogP contribution is -2.50. The summed E-state index contributed by atoms with van der Waals surface area (Å²) < 4.78 is 17.7. The second kappa shape index (κ2) is 6.70.